The number of aromatic amines is 1. The number of carbonyl (C=O) groups excluding carboxylic acids is 1. The average Bonchev–Trinajstić information content (AvgIpc) is 2.69. The maximum atomic E-state index is 11.8. The highest BCUT2D eigenvalue weighted by Crippen LogP contribution is 2.24. The standard InChI is InChI=1S/C15H19NO3/c1-15(2,3)19-14(17)7-10-9-16-13-8-11(18-4)5-6-12(10)13/h5-6,8-9,16H,7H2,1-4H3. The Morgan fingerprint density at radius 2 is 2.05 bits per heavy atom. The van der Waals surface area contributed by atoms with Crippen LogP contribution in [-0.2, 0) is 16.0 Å². The minimum atomic E-state index is -0.452. The van der Waals surface area contributed by atoms with E-state index in [0.29, 0.717) is 0 Å². The molecule has 19 heavy (non-hydrogen) atoms. The molecule has 0 unspecified atom stereocenters. The van der Waals surface area contributed by atoms with Gasteiger partial charge in [0.15, 0.2) is 0 Å². The van der Waals surface area contributed by atoms with Gasteiger partial charge in [0.2, 0.25) is 0 Å². The van der Waals surface area contributed by atoms with Crippen LogP contribution in [0, 0.1) is 0 Å². The molecule has 0 aliphatic rings. The van der Waals surface area contributed by atoms with Crippen LogP contribution in [0.1, 0.15) is 26.3 Å². The van der Waals surface area contributed by atoms with E-state index in [2.05, 4.69) is 4.98 Å². The highest BCUT2D eigenvalue weighted by atomic mass is 16.6. The molecule has 0 saturated carbocycles. The van der Waals surface area contributed by atoms with Crippen molar-refractivity contribution in [2.75, 3.05) is 7.11 Å². The first-order valence-corrected chi connectivity index (χ1v) is 6.25. The number of fused-ring (bicyclic) bond motifs is 1. The number of methoxy groups -OCH3 is 1. The van der Waals surface area contributed by atoms with Gasteiger partial charge in [-0.25, -0.2) is 0 Å². The monoisotopic (exact) mass is 261 g/mol. The number of benzene rings is 1. The Bertz CT molecular complexity index is 593. The number of nitrogens with one attached hydrogen (secondary N) is 1. The number of hydrogen-bond donors (Lipinski definition) is 1. The fourth-order valence-electron chi connectivity index (χ4n) is 1.97. The van der Waals surface area contributed by atoms with Crippen molar-refractivity contribution in [1.82, 2.24) is 4.98 Å². The molecule has 4 heteroatoms. The third-order valence-corrected chi connectivity index (χ3v) is 2.73. The Morgan fingerprint density at radius 3 is 2.68 bits per heavy atom. The van der Waals surface area contributed by atoms with E-state index in [9.17, 15) is 4.79 Å². The smallest absolute Gasteiger partial charge is 0.310 e. The van der Waals surface area contributed by atoms with E-state index in [1.54, 1.807) is 7.11 Å². The lowest BCUT2D eigenvalue weighted by molar-refractivity contribution is -0.153. The highest BCUT2D eigenvalue weighted by molar-refractivity contribution is 5.88. The summed E-state index contributed by atoms with van der Waals surface area (Å²) in [4.78, 5) is 15.0. The van der Waals surface area contributed by atoms with Crippen LogP contribution < -0.4 is 4.74 Å². The normalized spacial score (nSPS) is 11.6. The summed E-state index contributed by atoms with van der Waals surface area (Å²) in [6.45, 7) is 5.60. The lowest BCUT2D eigenvalue weighted by atomic mass is 10.1. The second-order valence-electron chi connectivity index (χ2n) is 5.49. The molecule has 4 nitrogen and oxygen atoms in total. The zero-order valence-electron chi connectivity index (χ0n) is 11.7. The van der Waals surface area contributed by atoms with Crippen molar-refractivity contribution in [3.8, 4) is 5.75 Å². The molecule has 0 bridgehead atoms. The second-order valence-corrected chi connectivity index (χ2v) is 5.49. The third kappa shape index (κ3) is 3.28. The summed E-state index contributed by atoms with van der Waals surface area (Å²) in [5, 5.41) is 1.02. The summed E-state index contributed by atoms with van der Waals surface area (Å²) in [5.74, 6) is 0.572. The average molecular weight is 261 g/mol. The number of aromatic nitrogens is 1. The molecule has 0 fully saturated rings. The van der Waals surface area contributed by atoms with Crippen LogP contribution in [0.4, 0.5) is 0 Å². The summed E-state index contributed by atoms with van der Waals surface area (Å²) in [5.41, 5.74) is 1.44. The van der Waals surface area contributed by atoms with Gasteiger partial charge in [0.05, 0.1) is 13.5 Å². The number of esters is 1. The molecule has 0 aliphatic heterocycles. The Kier molecular flexibility index (Phi) is 3.51. The molecule has 0 atom stereocenters. The van der Waals surface area contributed by atoms with Crippen molar-refractivity contribution in [2.45, 2.75) is 32.8 Å². The van der Waals surface area contributed by atoms with E-state index < -0.39 is 5.60 Å². The predicted molar refractivity (Wildman–Crippen MR) is 74.4 cm³/mol. The number of rotatable bonds is 3. The van der Waals surface area contributed by atoms with Gasteiger partial charge >= 0.3 is 5.97 Å². The first-order chi connectivity index (χ1) is 8.89. The zero-order valence-corrected chi connectivity index (χ0v) is 11.7. The zero-order chi connectivity index (χ0) is 14.0. The first-order valence-electron chi connectivity index (χ1n) is 6.25. The van der Waals surface area contributed by atoms with Gasteiger partial charge in [-0.05, 0) is 38.5 Å². The fourth-order valence-corrected chi connectivity index (χ4v) is 1.97. The quantitative estimate of drug-likeness (QED) is 0.864. The maximum absolute atomic E-state index is 11.8. The lowest BCUT2D eigenvalue weighted by Gasteiger charge is -2.19. The molecule has 0 amide bonds. The van der Waals surface area contributed by atoms with Crippen molar-refractivity contribution < 1.29 is 14.3 Å². The minimum Gasteiger partial charge on any atom is -0.497 e. The molecular weight excluding hydrogens is 242 g/mol. The molecule has 1 aromatic heterocycles. The van der Waals surface area contributed by atoms with Crippen LogP contribution in [0.5, 0.6) is 5.75 Å². The van der Waals surface area contributed by atoms with Gasteiger partial charge < -0.3 is 14.5 Å². The summed E-state index contributed by atoms with van der Waals surface area (Å²) < 4.78 is 10.5. The van der Waals surface area contributed by atoms with Crippen LogP contribution in [0.15, 0.2) is 24.4 Å². The molecular formula is C15H19NO3. The molecule has 2 rings (SSSR count). The van der Waals surface area contributed by atoms with E-state index in [1.165, 1.54) is 0 Å². The number of carbonyl (C=O) groups is 1. The van der Waals surface area contributed by atoms with Gasteiger partial charge in [-0.1, -0.05) is 0 Å². The van der Waals surface area contributed by atoms with Gasteiger partial charge in [-0.2, -0.15) is 0 Å². The Labute approximate surface area is 112 Å². The molecule has 1 N–H and O–H groups in total. The van der Waals surface area contributed by atoms with E-state index in [-0.39, 0.29) is 12.4 Å². The van der Waals surface area contributed by atoms with Crippen LogP contribution in [-0.4, -0.2) is 23.7 Å². The molecule has 0 aliphatic carbocycles. The van der Waals surface area contributed by atoms with Gasteiger partial charge in [0.25, 0.3) is 0 Å². The van der Waals surface area contributed by atoms with Crippen LogP contribution in [0.2, 0.25) is 0 Å². The van der Waals surface area contributed by atoms with Crippen molar-refractivity contribution in [3.63, 3.8) is 0 Å². The van der Waals surface area contributed by atoms with Gasteiger partial charge in [0.1, 0.15) is 11.4 Å². The molecule has 1 aromatic carbocycles. The van der Waals surface area contributed by atoms with Crippen LogP contribution in [0.3, 0.4) is 0 Å². The lowest BCUT2D eigenvalue weighted by Crippen LogP contribution is -2.24. The van der Waals surface area contributed by atoms with Crippen molar-refractivity contribution >= 4 is 16.9 Å². The van der Waals surface area contributed by atoms with E-state index in [1.807, 2.05) is 45.2 Å². The van der Waals surface area contributed by atoms with Crippen LogP contribution >= 0.6 is 0 Å². The fraction of sp³-hybridized carbons (Fsp3) is 0.400. The second kappa shape index (κ2) is 4.96. The van der Waals surface area contributed by atoms with E-state index in [4.69, 9.17) is 9.47 Å². The minimum absolute atomic E-state index is 0.218. The largest absolute Gasteiger partial charge is 0.497 e. The van der Waals surface area contributed by atoms with Gasteiger partial charge in [-0.3, -0.25) is 4.79 Å². The van der Waals surface area contributed by atoms with Gasteiger partial charge in [-0.15, -0.1) is 0 Å². The van der Waals surface area contributed by atoms with Gasteiger partial charge in [0, 0.05) is 23.2 Å². The van der Waals surface area contributed by atoms with E-state index >= 15 is 0 Å². The number of ether oxygens (including phenoxy) is 2. The Balaban J connectivity index is 2.20. The summed E-state index contributed by atoms with van der Waals surface area (Å²) in [6.07, 6.45) is 2.11. The summed E-state index contributed by atoms with van der Waals surface area (Å²) in [7, 11) is 1.63. The first kappa shape index (κ1) is 13.5. The molecule has 0 saturated heterocycles. The third-order valence-electron chi connectivity index (χ3n) is 2.73. The number of hydrogen-bond acceptors (Lipinski definition) is 3. The Morgan fingerprint density at radius 1 is 1.32 bits per heavy atom. The molecule has 0 radical (unpaired) electrons. The molecule has 102 valence electrons. The highest BCUT2D eigenvalue weighted by Gasteiger charge is 2.17. The van der Waals surface area contributed by atoms with Crippen molar-refractivity contribution in [1.29, 1.82) is 0 Å². The molecule has 1 heterocycles. The SMILES string of the molecule is COc1ccc2c(CC(=O)OC(C)(C)C)c[nH]c2c1. The predicted octanol–water partition coefficient (Wildman–Crippen LogP) is 3.06. The summed E-state index contributed by atoms with van der Waals surface area (Å²) in [6, 6.07) is 5.74. The number of H-pyrrole nitrogens is 1. The molecule has 0 spiro atoms. The van der Waals surface area contributed by atoms with Crippen molar-refractivity contribution in [3.05, 3.63) is 30.0 Å². The Hall–Kier alpha value is -1.97. The van der Waals surface area contributed by atoms with E-state index in [0.717, 1.165) is 22.2 Å². The summed E-state index contributed by atoms with van der Waals surface area (Å²) >= 11 is 0. The van der Waals surface area contributed by atoms with Crippen LogP contribution in [0.25, 0.3) is 10.9 Å². The topological polar surface area (TPSA) is 51.3 Å². The van der Waals surface area contributed by atoms with Crippen molar-refractivity contribution in [2.24, 2.45) is 0 Å². The molecule has 2 aromatic rings. The maximum Gasteiger partial charge on any atom is 0.310 e.